The topological polar surface area (TPSA) is 46.8 Å². The van der Waals surface area contributed by atoms with Crippen molar-refractivity contribution in [2.45, 2.75) is 18.9 Å². The van der Waals surface area contributed by atoms with Crippen LogP contribution in [0.3, 0.4) is 0 Å². The largest absolute Gasteiger partial charge is 0.332 e. The second-order valence-corrected chi connectivity index (χ2v) is 4.96. The molecule has 0 aliphatic carbocycles. The molecule has 1 saturated heterocycles. The van der Waals surface area contributed by atoms with E-state index in [1.54, 1.807) is 0 Å². The summed E-state index contributed by atoms with van der Waals surface area (Å²) in [5, 5.41) is 4.90. The van der Waals surface area contributed by atoms with Crippen LogP contribution in [0.2, 0.25) is 5.02 Å². The predicted molar refractivity (Wildman–Crippen MR) is 69.7 cm³/mol. The highest BCUT2D eigenvalue weighted by atomic mass is 35.5. The lowest BCUT2D eigenvalue weighted by molar-refractivity contribution is -0.128. The Morgan fingerprint density at radius 3 is 2.72 bits per heavy atom. The lowest BCUT2D eigenvalue weighted by Gasteiger charge is -2.23. The molecular weight excluding hydrogens is 250 g/mol. The van der Waals surface area contributed by atoms with Crippen molar-refractivity contribution in [2.24, 2.45) is 5.10 Å². The van der Waals surface area contributed by atoms with Crippen LogP contribution in [0.1, 0.15) is 18.4 Å². The minimum Gasteiger partial charge on any atom is -0.332 e. The molecule has 1 aromatic carbocycles. The van der Waals surface area contributed by atoms with E-state index < -0.39 is 0 Å². The van der Waals surface area contributed by atoms with Gasteiger partial charge in [-0.2, -0.15) is 10.5 Å². The van der Waals surface area contributed by atoms with Crippen molar-refractivity contribution in [2.75, 3.05) is 13.1 Å². The predicted octanol–water partition coefficient (Wildman–Crippen LogP) is 1.65. The van der Waals surface area contributed by atoms with Crippen LogP contribution in [0.25, 0.3) is 0 Å². The molecular formula is C13H13ClN3O. The Labute approximate surface area is 111 Å². The number of rotatable bonds is 2. The summed E-state index contributed by atoms with van der Waals surface area (Å²) < 4.78 is 0. The van der Waals surface area contributed by atoms with Crippen LogP contribution in [0.15, 0.2) is 29.4 Å². The first-order valence-electron chi connectivity index (χ1n) is 6.05. The van der Waals surface area contributed by atoms with Gasteiger partial charge in [0.25, 0.3) is 0 Å². The number of carbonyl (C=O) groups excluding carboxylic acids is 1. The Balaban J connectivity index is 1.87. The van der Waals surface area contributed by atoms with Crippen molar-refractivity contribution in [3.05, 3.63) is 34.9 Å². The number of benzene rings is 1. The summed E-state index contributed by atoms with van der Waals surface area (Å²) >= 11 is 5.88. The number of halogens is 1. The molecule has 1 fully saturated rings. The van der Waals surface area contributed by atoms with Crippen LogP contribution in [0, 0.1) is 0 Å². The van der Waals surface area contributed by atoms with Gasteiger partial charge in [0.1, 0.15) is 0 Å². The fourth-order valence-electron chi connectivity index (χ4n) is 2.46. The summed E-state index contributed by atoms with van der Waals surface area (Å²) in [6.07, 6.45) is 1.58. The van der Waals surface area contributed by atoms with E-state index in [4.69, 9.17) is 11.6 Å². The number of nitrogens with zero attached hydrogens (tertiary/aromatic N) is 3. The summed E-state index contributed by atoms with van der Waals surface area (Å²) in [6, 6.07) is 7.52. The molecule has 2 aliphatic heterocycles. The number of likely N-dealkylation sites (tertiary alicyclic amines) is 1. The highest BCUT2D eigenvalue weighted by molar-refractivity contribution is 6.30. The van der Waals surface area contributed by atoms with Crippen molar-refractivity contribution in [3.8, 4) is 0 Å². The summed E-state index contributed by atoms with van der Waals surface area (Å²) in [5.41, 5.74) is 5.95. The zero-order valence-electron chi connectivity index (χ0n) is 9.84. The van der Waals surface area contributed by atoms with Crippen molar-refractivity contribution in [3.63, 3.8) is 0 Å². The van der Waals surface area contributed by atoms with Gasteiger partial charge in [-0.3, -0.25) is 4.79 Å². The van der Waals surface area contributed by atoms with E-state index in [9.17, 15) is 4.79 Å². The molecule has 1 radical (unpaired) electrons. The molecule has 0 aromatic heterocycles. The van der Waals surface area contributed by atoms with Crippen LogP contribution in [-0.4, -0.2) is 35.7 Å². The zero-order chi connectivity index (χ0) is 12.5. The minimum absolute atomic E-state index is 0.00109. The molecule has 0 bridgehead atoms. The number of amides is 1. The third-order valence-electron chi connectivity index (χ3n) is 3.37. The van der Waals surface area contributed by atoms with Gasteiger partial charge in [-0.15, -0.1) is 0 Å². The molecule has 2 aliphatic rings. The standard InChI is InChI=1S/C13H13ClN3O/c14-10-5-3-9(4-6-10)13-11(8-15-16-13)17-7-1-2-12(17)18/h3-6,11H,1-2,7-8H2. The van der Waals surface area contributed by atoms with Crippen LogP contribution in [-0.2, 0) is 4.79 Å². The second kappa shape index (κ2) is 4.61. The minimum atomic E-state index is 0.00109. The maximum Gasteiger partial charge on any atom is 0.223 e. The van der Waals surface area contributed by atoms with Gasteiger partial charge in [0, 0.05) is 23.6 Å². The number of hydrogen-bond donors (Lipinski definition) is 0. The Morgan fingerprint density at radius 1 is 1.28 bits per heavy atom. The molecule has 0 N–H and O–H groups in total. The average Bonchev–Trinajstić information content (AvgIpc) is 2.98. The lowest BCUT2D eigenvalue weighted by atomic mass is 10.0. The van der Waals surface area contributed by atoms with Gasteiger partial charge in [-0.05, 0) is 18.6 Å². The summed E-state index contributed by atoms with van der Waals surface area (Å²) in [5.74, 6) is 0.207. The zero-order valence-corrected chi connectivity index (χ0v) is 10.6. The van der Waals surface area contributed by atoms with E-state index in [-0.39, 0.29) is 11.9 Å². The van der Waals surface area contributed by atoms with Crippen molar-refractivity contribution >= 4 is 23.2 Å². The Hall–Kier alpha value is -1.55. The first-order chi connectivity index (χ1) is 8.75. The fraction of sp³-hybridized carbons (Fsp3) is 0.385. The average molecular weight is 263 g/mol. The van der Waals surface area contributed by atoms with Crippen LogP contribution in [0.4, 0.5) is 0 Å². The quantitative estimate of drug-likeness (QED) is 0.799. The van der Waals surface area contributed by atoms with Crippen molar-refractivity contribution in [1.29, 1.82) is 0 Å². The van der Waals surface area contributed by atoms with Crippen molar-refractivity contribution < 1.29 is 4.79 Å². The molecule has 0 spiro atoms. The van der Waals surface area contributed by atoms with Gasteiger partial charge in [-0.1, -0.05) is 23.7 Å². The Kier molecular flexibility index (Phi) is 2.96. The molecule has 1 aromatic rings. The summed E-state index contributed by atoms with van der Waals surface area (Å²) in [7, 11) is 0. The Bertz CT molecular complexity index is 497. The number of hydrogen-bond acceptors (Lipinski definition) is 2. The van der Waals surface area contributed by atoms with E-state index in [0.29, 0.717) is 18.0 Å². The Morgan fingerprint density at radius 2 is 2.06 bits per heavy atom. The molecule has 0 saturated carbocycles. The fourth-order valence-corrected chi connectivity index (χ4v) is 2.59. The first-order valence-corrected chi connectivity index (χ1v) is 6.43. The van der Waals surface area contributed by atoms with E-state index in [1.807, 2.05) is 29.2 Å². The number of carbonyl (C=O) groups is 1. The molecule has 3 rings (SSSR count). The maximum absolute atomic E-state index is 11.8. The summed E-state index contributed by atoms with van der Waals surface area (Å²) in [4.78, 5) is 13.7. The molecule has 93 valence electrons. The van der Waals surface area contributed by atoms with Crippen molar-refractivity contribution in [1.82, 2.24) is 10.3 Å². The molecule has 1 unspecified atom stereocenters. The molecule has 4 nitrogen and oxygen atoms in total. The summed E-state index contributed by atoms with van der Waals surface area (Å²) in [6.45, 7) is 1.38. The maximum atomic E-state index is 11.8. The van der Waals surface area contributed by atoms with Crippen LogP contribution in [0.5, 0.6) is 0 Å². The molecule has 2 heterocycles. The van der Waals surface area contributed by atoms with E-state index in [1.165, 1.54) is 0 Å². The highest BCUT2D eigenvalue weighted by Gasteiger charge is 2.35. The van der Waals surface area contributed by atoms with E-state index in [0.717, 1.165) is 24.2 Å². The third-order valence-corrected chi connectivity index (χ3v) is 3.63. The normalized spacial score (nSPS) is 23.2. The van der Waals surface area contributed by atoms with Gasteiger partial charge in [-0.25, -0.2) is 0 Å². The smallest absolute Gasteiger partial charge is 0.223 e. The van der Waals surface area contributed by atoms with E-state index >= 15 is 0 Å². The second-order valence-electron chi connectivity index (χ2n) is 4.52. The molecule has 1 atom stereocenters. The van der Waals surface area contributed by atoms with Gasteiger partial charge in [0.2, 0.25) is 5.91 Å². The van der Waals surface area contributed by atoms with E-state index in [2.05, 4.69) is 10.5 Å². The van der Waals surface area contributed by atoms with Gasteiger partial charge >= 0.3 is 0 Å². The molecule has 18 heavy (non-hydrogen) atoms. The van der Waals surface area contributed by atoms with Crippen LogP contribution >= 0.6 is 11.6 Å². The molecule has 5 heteroatoms. The highest BCUT2D eigenvalue weighted by Crippen LogP contribution is 2.21. The SMILES string of the molecule is O=C1CCCN1C1C[N]N=C1c1ccc(Cl)cc1. The van der Waals surface area contributed by atoms with Gasteiger partial charge < -0.3 is 4.90 Å². The first kappa shape index (κ1) is 11.5. The third kappa shape index (κ3) is 1.97. The van der Waals surface area contributed by atoms with Gasteiger partial charge in [0.15, 0.2) is 0 Å². The lowest BCUT2D eigenvalue weighted by Crippen LogP contribution is -2.43. The molecule has 1 amide bonds. The monoisotopic (exact) mass is 262 g/mol. The van der Waals surface area contributed by atoms with Crippen LogP contribution < -0.4 is 5.43 Å². The van der Waals surface area contributed by atoms with Gasteiger partial charge in [0.05, 0.1) is 18.3 Å².